The molecule has 1 amide bonds. The molecule has 7 nitrogen and oxygen atoms in total. The number of hydrogen-bond acceptors (Lipinski definition) is 5. The van der Waals surface area contributed by atoms with E-state index in [0.717, 1.165) is 18.8 Å². The Hall–Kier alpha value is -3.52. The number of nitrogens with one attached hydrogen (secondary N) is 2. The van der Waals surface area contributed by atoms with E-state index in [1.807, 2.05) is 31.2 Å². The van der Waals surface area contributed by atoms with Crippen molar-refractivity contribution in [2.75, 3.05) is 34.6 Å². The Morgan fingerprint density at radius 1 is 0.882 bits per heavy atom. The van der Waals surface area contributed by atoms with Gasteiger partial charge in [-0.25, -0.2) is 8.42 Å². The van der Waals surface area contributed by atoms with E-state index < -0.39 is 10.0 Å². The summed E-state index contributed by atoms with van der Waals surface area (Å²) in [6, 6.07) is 18.9. The summed E-state index contributed by atoms with van der Waals surface area (Å²) >= 11 is 0. The Morgan fingerprint density at radius 3 is 2.09 bits per heavy atom. The zero-order valence-electron chi connectivity index (χ0n) is 20.0. The Kier molecular flexibility index (Phi) is 8.17. The fourth-order valence-electron chi connectivity index (χ4n) is 3.57. The van der Waals surface area contributed by atoms with Crippen LogP contribution in [-0.2, 0) is 10.0 Å². The van der Waals surface area contributed by atoms with Crippen molar-refractivity contribution in [1.29, 1.82) is 0 Å². The molecule has 0 saturated heterocycles. The number of anilines is 3. The highest BCUT2D eigenvalue weighted by Gasteiger charge is 2.20. The summed E-state index contributed by atoms with van der Waals surface area (Å²) in [4.78, 5) is 15.1. The fraction of sp³-hybridized carbons (Fsp3) is 0.269. The number of nitrogens with zero attached hydrogens (tertiary/aromatic N) is 1. The molecule has 3 aromatic carbocycles. The summed E-state index contributed by atoms with van der Waals surface area (Å²) in [6.45, 7) is 10.1. The van der Waals surface area contributed by atoms with Gasteiger partial charge in [-0.2, -0.15) is 0 Å². The summed E-state index contributed by atoms with van der Waals surface area (Å²) in [5.41, 5.74) is 2.92. The SMILES string of the molecule is CCOc1ccc(NS(=O)(=O)c2cc(C(=O)Nc3ccc(N(CC)CC)cc3)ccc2C)cc1. The molecule has 0 bridgehead atoms. The van der Waals surface area contributed by atoms with E-state index in [0.29, 0.717) is 29.3 Å². The van der Waals surface area contributed by atoms with Crippen molar-refractivity contribution in [2.24, 2.45) is 0 Å². The molecule has 0 aliphatic carbocycles. The van der Waals surface area contributed by atoms with E-state index in [2.05, 4.69) is 28.8 Å². The van der Waals surface area contributed by atoms with E-state index in [1.165, 1.54) is 6.07 Å². The third kappa shape index (κ3) is 6.08. The van der Waals surface area contributed by atoms with Crippen LogP contribution in [0.2, 0.25) is 0 Å². The molecule has 180 valence electrons. The molecule has 34 heavy (non-hydrogen) atoms. The molecule has 0 radical (unpaired) electrons. The van der Waals surface area contributed by atoms with Crippen molar-refractivity contribution in [3.63, 3.8) is 0 Å². The van der Waals surface area contributed by atoms with Gasteiger partial charge in [0, 0.05) is 35.7 Å². The van der Waals surface area contributed by atoms with Crippen LogP contribution in [0.4, 0.5) is 17.1 Å². The number of rotatable bonds is 10. The topological polar surface area (TPSA) is 87.7 Å². The quantitative estimate of drug-likeness (QED) is 0.411. The second-order valence-electron chi connectivity index (χ2n) is 7.72. The summed E-state index contributed by atoms with van der Waals surface area (Å²) in [7, 11) is -3.90. The van der Waals surface area contributed by atoms with Crippen molar-refractivity contribution in [3.8, 4) is 5.75 Å². The van der Waals surface area contributed by atoms with Gasteiger partial charge in [0.25, 0.3) is 15.9 Å². The summed E-state index contributed by atoms with van der Waals surface area (Å²) in [5, 5.41) is 2.84. The lowest BCUT2D eigenvalue weighted by atomic mass is 10.1. The molecule has 0 saturated carbocycles. The summed E-state index contributed by atoms with van der Waals surface area (Å²) in [6.07, 6.45) is 0. The third-order valence-electron chi connectivity index (χ3n) is 5.41. The van der Waals surface area contributed by atoms with Gasteiger partial charge < -0.3 is 15.0 Å². The smallest absolute Gasteiger partial charge is 0.262 e. The minimum Gasteiger partial charge on any atom is -0.494 e. The molecule has 0 atom stereocenters. The molecule has 0 aromatic heterocycles. The molecule has 0 aliphatic heterocycles. The van der Waals surface area contributed by atoms with Crippen LogP contribution in [0.1, 0.15) is 36.7 Å². The van der Waals surface area contributed by atoms with Crippen molar-refractivity contribution < 1.29 is 17.9 Å². The Morgan fingerprint density at radius 2 is 1.50 bits per heavy atom. The number of carbonyl (C=O) groups is 1. The highest BCUT2D eigenvalue weighted by Crippen LogP contribution is 2.24. The van der Waals surface area contributed by atoms with Gasteiger partial charge in [0.05, 0.1) is 11.5 Å². The minimum absolute atomic E-state index is 0.0471. The highest BCUT2D eigenvalue weighted by atomic mass is 32.2. The van der Waals surface area contributed by atoms with Crippen LogP contribution >= 0.6 is 0 Å². The van der Waals surface area contributed by atoms with Crippen LogP contribution < -0.4 is 19.7 Å². The number of ether oxygens (including phenoxy) is 1. The molecule has 3 rings (SSSR count). The zero-order chi connectivity index (χ0) is 24.7. The van der Waals surface area contributed by atoms with Gasteiger partial charge in [-0.05, 0) is 93.9 Å². The lowest BCUT2D eigenvalue weighted by molar-refractivity contribution is 0.102. The van der Waals surface area contributed by atoms with Crippen LogP contribution in [-0.4, -0.2) is 34.0 Å². The van der Waals surface area contributed by atoms with Crippen molar-refractivity contribution >= 4 is 33.0 Å². The van der Waals surface area contributed by atoms with E-state index in [-0.39, 0.29) is 16.4 Å². The second kappa shape index (κ2) is 11.1. The van der Waals surface area contributed by atoms with E-state index >= 15 is 0 Å². The Balaban J connectivity index is 1.77. The predicted molar refractivity (Wildman–Crippen MR) is 138 cm³/mol. The molecule has 2 N–H and O–H groups in total. The first kappa shape index (κ1) is 25.1. The lowest BCUT2D eigenvalue weighted by Gasteiger charge is -2.21. The van der Waals surface area contributed by atoms with Gasteiger partial charge in [-0.15, -0.1) is 0 Å². The van der Waals surface area contributed by atoms with Gasteiger partial charge in [0.2, 0.25) is 0 Å². The van der Waals surface area contributed by atoms with Gasteiger partial charge in [-0.3, -0.25) is 9.52 Å². The van der Waals surface area contributed by atoms with Crippen LogP contribution in [0, 0.1) is 6.92 Å². The lowest BCUT2D eigenvalue weighted by Crippen LogP contribution is -2.21. The molecule has 8 heteroatoms. The molecular formula is C26H31N3O4S. The number of aryl methyl sites for hydroxylation is 1. The van der Waals surface area contributed by atoms with Gasteiger partial charge >= 0.3 is 0 Å². The maximum absolute atomic E-state index is 13.0. The average Bonchev–Trinajstić information content (AvgIpc) is 2.82. The molecule has 0 fully saturated rings. The van der Waals surface area contributed by atoms with E-state index in [9.17, 15) is 13.2 Å². The summed E-state index contributed by atoms with van der Waals surface area (Å²) < 4.78 is 34.1. The maximum Gasteiger partial charge on any atom is 0.262 e. The first-order valence-electron chi connectivity index (χ1n) is 11.3. The van der Waals surface area contributed by atoms with Crippen LogP contribution in [0.3, 0.4) is 0 Å². The van der Waals surface area contributed by atoms with Gasteiger partial charge in [0.1, 0.15) is 5.75 Å². The Bertz CT molecular complexity index is 1220. The van der Waals surface area contributed by atoms with Crippen molar-refractivity contribution in [3.05, 3.63) is 77.9 Å². The molecular weight excluding hydrogens is 450 g/mol. The molecule has 3 aromatic rings. The van der Waals surface area contributed by atoms with Crippen LogP contribution in [0.15, 0.2) is 71.6 Å². The third-order valence-corrected chi connectivity index (χ3v) is 6.93. The molecule has 0 heterocycles. The Labute approximate surface area is 201 Å². The normalized spacial score (nSPS) is 11.1. The standard InChI is InChI=1S/C26H31N3O4S/c1-5-29(6-2)23-14-10-21(11-15-23)27-26(30)20-9-8-19(4)25(18-20)34(31,32)28-22-12-16-24(17-13-22)33-7-3/h8-18,28H,5-7H2,1-4H3,(H,27,30). The summed E-state index contributed by atoms with van der Waals surface area (Å²) in [5.74, 6) is 0.276. The number of carbonyl (C=O) groups excluding carboxylic acids is 1. The number of benzene rings is 3. The number of hydrogen-bond donors (Lipinski definition) is 2. The van der Waals surface area contributed by atoms with Gasteiger partial charge in [0.15, 0.2) is 0 Å². The second-order valence-corrected chi connectivity index (χ2v) is 9.37. The largest absolute Gasteiger partial charge is 0.494 e. The zero-order valence-corrected chi connectivity index (χ0v) is 20.8. The molecule has 0 aliphatic rings. The molecule has 0 unspecified atom stereocenters. The molecule has 0 spiro atoms. The van der Waals surface area contributed by atoms with E-state index in [4.69, 9.17) is 4.74 Å². The average molecular weight is 482 g/mol. The minimum atomic E-state index is -3.90. The van der Waals surface area contributed by atoms with Crippen molar-refractivity contribution in [2.45, 2.75) is 32.6 Å². The fourth-order valence-corrected chi connectivity index (χ4v) is 4.90. The van der Waals surface area contributed by atoms with Crippen LogP contribution in [0.5, 0.6) is 5.75 Å². The highest BCUT2D eigenvalue weighted by molar-refractivity contribution is 7.92. The first-order chi connectivity index (χ1) is 16.3. The predicted octanol–water partition coefficient (Wildman–Crippen LogP) is 5.29. The van der Waals surface area contributed by atoms with Gasteiger partial charge in [-0.1, -0.05) is 6.07 Å². The maximum atomic E-state index is 13.0. The number of amides is 1. The van der Waals surface area contributed by atoms with Crippen molar-refractivity contribution in [1.82, 2.24) is 0 Å². The van der Waals surface area contributed by atoms with E-state index in [1.54, 1.807) is 43.3 Å². The number of sulfonamides is 1. The monoisotopic (exact) mass is 481 g/mol. The van der Waals surface area contributed by atoms with Crippen LogP contribution in [0.25, 0.3) is 0 Å². The first-order valence-corrected chi connectivity index (χ1v) is 12.8.